The number of piperazine rings is 1. The molecule has 0 aromatic rings. The van der Waals surface area contributed by atoms with Gasteiger partial charge >= 0.3 is 12.1 Å². The van der Waals surface area contributed by atoms with Crippen LogP contribution in [-0.2, 0) is 14.3 Å². The zero-order valence-corrected chi connectivity index (χ0v) is 16.4. The first-order chi connectivity index (χ1) is 12.6. The molecule has 1 unspecified atom stereocenters. The highest BCUT2D eigenvalue weighted by molar-refractivity contribution is 5.82. The quantitative estimate of drug-likeness (QED) is 0.752. The van der Waals surface area contributed by atoms with Gasteiger partial charge < -0.3 is 29.7 Å². The number of nitrogens with one attached hydrogen (secondary N) is 1. The maximum Gasteiger partial charge on any atom is 0.410 e. The average molecular weight is 379 g/mol. The molecule has 1 amide bonds. The summed E-state index contributed by atoms with van der Waals surface area (Å²) in [5.74, 6) is -0.900. The number of fused-ring (bicyclic) bond motifs is 2. The van der Waals surface area contributed by atoms with Crippen LogP contribution in [0.1, 0.15) is 34.1 Å². The van der Waals surface area contributed by atoms with E-state index in [1.807, 2.05) is 33.8 Å². The first-order valence-electron chi connectivity index (χ1n) is 9.41. The van der Waals surface area contributed by atoms with Gasteiger partial charge in [-0.1, -0.05) is 6.92 Å². The van der Waals surface area contributed by atoms with Gasteiger partial charge in [0.15, 0.2) is 5.54 Å². The third-order valence-corrected chi connectivity index (χ3v) is 5.15. The van der Waals surface area contributed by atoms with Crippen LogP contribution < -0.4 is 5.32 Å². The van der Waals surface area contributed by atoms with Gasteiger partial charge in [0.2, 0.25) is 0 Å². The molecule has 0 spiro atoms. The van der Waals surface area contributed by atoms with E-state index in [4.69, 9.17) is 9.47 Å². The van der Waals surface area contributed by atoms with Gasteiger partial charge in [0.05, 0.1) is 30.6 Å². The van der Waals surface area contributed by atoms with E-state index < -0.39 is 17.1 Å². The van der Waals surface area contributed by atoms with Crippen molar-refractivity contribution in [2.45, 2.75) is 51.3 Å². The maximum absolute atomic E-state index is 12.4. The second-order valence-corrected chi connectivity index (χ2v) is 8.24. The van der Waals surface area contributed by atoms with Crippen LogP contribution in [0.15, 0.2) is 23.5 Å². The van der Waals surface area contributed by atoms with Crippen molar-refractivity contribution >= 4 is 12.1 Å². The molecule has 1 fully saturated rings. The molecule has 150 valence electrons. The van der Waals surface area contributed by atoms with E-state index in [-0.39, 0.29) is 12.1 Å². The van der Waals surface area contributed by atoms with Crippen LogP contribution in [0, 0.1) is 0 Å². The second kappa shape index (κ2) is 7.07. The summed E-state index contributed by atoms with van der Waals surface area (Å²) in [6.07, 6.45) is 3.73. The molecule has 0 saturated carbocycles. The van der Waals surface area contributed by atoms with Crippen molar-refractivity contribution in [3.8, 4) is 0 Å². The number of carboxylic acid groups (broad SMARTS) is 1. The normalized spacial score (nSPS) is 28.1. The van der Waals surface area contributed by atoms with Crippen molar-refractivity contribution in [1.82, 2.24) is 15.1 Å². The Morgan fingerprint density at radius 2 is 2.15 bits per heavy atom. The van der Waals surface area contributed by atoms with Crippen LogP contribution >= 0.6 is 0 Å². The van der Waals surface area contributed by atoms with E-state index in [2.05, 4.69) is 10.2 Å². The number of rotatable bonds is 2. The van der Waals surface area contributed by atoms with Gasteiger partial charge in [-0.3, -0.25) is 0 Å². The Morgan fingerprint density at radius 1 is 1.41 bits per heavy atom. The number of ether oxygens (including phenoxy) is 2. The molecule has 0 bridgehead atoms. The van der Waals surface area contributed by atoms with E-state index in [0.29, 0.717) is 39.3 Å². The lowest BCUT2D eigenvalue weighted by Crippen LogP contribution is -2.57. The first kappa shape index (κ1) is 19.5. The molecule has 0 aromatic heterocycles. The molecule has 8 heteroatoms. The molecule has 3 heterocycles. The van der Waals surface area contributed by atoms with Gasteiger partial charge in [-0.05, 0) is 39.3 Å². The zero-order chi connectivity index (χ0) is 19.8. The van der Waals surface area contributed by atoms with Crippen molar-refractivity contribution in [2.75, 3.05) is 32.8 Å². The van der Waals surface area contributed by atoms with Gasteiger partial charge in [-0.15, -0.1) is 0 Å². The number of carbonyl (C=O) groups is 2. The lowest BCUT2D eigenvalue weighted by molar-refractivity contribution is -0.142. The van der Waals surface area contributed by atoms with E-state index in [0.717, 1.165) is 11.4 Å². The molecule has 0 aliphatic carbocycles. The standard InChI is InChI=1S/C19H29N3O5/c1-5-19(16(23)24)7-6-15-14(20-19)12-26-11-13-10-21(8-9-22(13)15)17(25)27-18(2,3)4/h6-7,13,20H,5,8-12H2,1-4H3,(H,23,24)/t13-,19?/m1/s1. The van der Waals surface area contributed by atoms with Crippen LogP contribution in [0.2, 0.25) is 0 Å². The fourth-order valence-electron chi connectivity index (χ4n) is 3.66. The van der Waals surface area contributed by atoms with Gasteiger partial charge in [-0.25, -0.2) is 9.59 Å². The van der Waals surface area contributed by atoms with E-state index >= 15 is 0 Å². The summed E-state index contributed by atoms with van der Waals surface area (Å²) < 4.78 is 11.3. The minimum absolute atomic E-state index is 0.00386. The average Bonchev–Trinajstić information content (AvgIpc) is 2.77. The number of carbonyl (C=O) groups excluding carboxylic acids is 1. The highest BCUT2D eigenvalue weighted by atomic mass is 16.6. The van der Waals surface area contributed by atoms with Crippen LogP contribution in [0.25, 0.3) is 0 Å². The predicted molar refractivity (Wildman–Crippen MR) is 99.1 cm³/mol. The van der Waals surface area contributed by atoms with Crippen molar-refractivity contribution in [3.63, 3.8) is 0 Å². The van der Waals surface area contributed by atoms with Gasteiger partial charge in [0, 0.05) is 19.6 Å². The molecule has 0 radical (unpaired) electrons. The van der Waals surface area contributed by atoms with Crippen LogP contribution in [-0.4, -0.2) is 77.0 Å². The minimum Gasteiger partial charge on any atom is -0.479 e. The second-order valence-electron chi connectivity index (χ2n) is 8.24. The topological polar surface area (TPSA) is 91.3 Å². The minimum atomic E-state index is -1.10. The zero-order valence-electron chi connectivity index (χ0n) is 16.4. The first-order valence-corrected chi connectivity index (χ1v) is 9.41. The molecule has 2 atom stereocenters. The van der Waals surface area contributed by atoms with Gasteiger partial charge in [-0.2, -0.15) is 0 Å². The molecule has 3 rings (SSSR count). The molecular weight excluding hydrogens is 350 g/mol. The predicted octanol–water partition coefficient (Wildman–Crippen LogP) is 1.54. The van der Waals surface area contributed by atoms with Gasteiger partial charge in [0.25, 0.3) is 0 Å². The summed E-state index contributed by atoms with van der Waals surface area (Å²) >= 11 is 0. The third-order valence-electron chi connectivity index (χ3n) is 5.15. The van der Waals surface area contributed by atoms with Crippen molar-refractivity contribution < 1.29 is 24.2 Å². The lowest BCUT2D eigenvalue weighted by Gasteiger charge is -2.43. The van der Waals surface area contributed by atoms with Crippen molar-refractivity contribution in [2.24, 2.45) is 0 Å². The monoisotopic (exact) mass is 379 g/mol. The van der Waals surface area contributed by atoms with Crippen molar-refractivity contribution in [1.29, 1.82) is 0 Å². The molecule has 8 nitrogen and oxygen atoms in total. The van der Waals surface area contributed by atoms with E-state index in [9.17, 15) is 14.7 Å². The fourth-order valence-corrected chi connectivity index (χ4v) is 3.66. The number of carboxylic acids is 1. The van der Waals surface area contributed by atoms with Crippen LogP contribution in [0.5, 0.6) is 0 Å². The summed E-state index contributed by atoms with van der Waals surface area (Å²) in [5, 5.41) is 12.8. The highest BCUT2D eigenvalue weighted by Crippen LogP contribution is 2.30. The number of hydrogen-bond donors (Lipinski definition) is 2. The van der Waals surface area contributed by atoms with Crippen molar-refractivity contribution in [3.05, 3.63) is 23.5 Å². The fraction of sp³-hybridized carbons (Fsp3) is 0.684. The highest BCUT2D eigenvalue weighted by Gasteiger charge is 2.41. The van der Waals surface area contributed by atoms with E-state index in [1.54, 1.807) is 11.0 Å². The lowest BCUT2D eigenvalue weighted by atomic mass is 9.91. The number of hydrogen-bond acceptors (Lipinski definition) is 6. The Bertz CT molecular complexity index is 681. The number of allylic oxidation sites excluding steroid dienone is 1. The summed E-state index contributed by atoms with van der Waals surface area (Å²) in [5.41, 5.74) is 0.113. The Balaban J connectivity index is 1.76. The number of dihydropyridines is 1. The molecule has 3 aliphatic rings. The van der Waals surface area contributed by atoms with Crippen LogP contribution in [0.4, 0.5) is 4.79 Å². The summed E-state index contributed by atoms with van der Waals surface area (Å²) in [6.45, 7) is 9.91. The molecule has 2 N–H and O–H groups in total. The number of aliphatic carboxylic acids is 1. The number of nitrogens with zero attached hydrogens (tertiary/aromatic N) is 2. The number of amides is 1. The molecular formula is C19H29N3O5. The Kier molecular flexibility index (Phi) is 5.12. The third kappa shape index (κ3) is 3.90. The Labute approximate surface area is 159 Å². The molecule has 3 aliphatic heterocycles. The molecule has 27 heavy (non-hydrogen) atoms. The van der Waals surface area contributed by atoms with Crippen LogP contribution in [0.3, 0.4) is 0 Å². The smallest absolute Gasteiger partial charge is 0.410 e. The Morgan fingerprint density at radius 3 is 2.78 bits per heavy atom. The summed E-state index contributed by atoms with van der Waals surface area (Å²) in [7, 11) is 0. The van der Waals surface area contributed by atoms with Gasteiger partial charge in [0.1, 0.15) is 5.60 Å². The summed E-state index contributed by atoms with van der Waals surface area (Å²) in [4.78, 5) is 28.1. The Hall–Kier alpha value is -2.22. The maximum atomic E-state index is 12.4. The van der Waals surface area contributed by atoms with E-state index in [1.165, 1.54) is 0 Å². The largest absolute Gasteiger partial charge is 0.479 e. The SMILES string of the molecule is CCC1(C(=O)O)C=CC2=C(COC[C@H]3CN(C(=O)OC(C)(C)C)CCN23)N1. The molecule has 1 saturated heterocycles. The summed E-state index contributed by atoms with van der Waals surface area (Å²) in [6, 6.07) is 0.00386. The molecule has 0 aromatic carbocycles.